The van der Waals surface area contributed by atoms with Crippen molar-refractivity contribution in [2.24, 2.45) is 0 Å². The molecule has 103 valence electrons. The third-order valence-electron chi connectivity index (χ3n) is 3.52. The first-order valence-electron chi connectivity index (χ1n) is 6.94. The average molecular weight is 274 g/mol. The molecular weight excluding hydrogens is 258 g/mol. The van der Waals surface area contributed by atoms with Crippen LogP contribution in [0, 0.1) is 6.07 Å². The van der Waals surface area contributed by atoms with Crippen molar-refractivity contribution in [3.05, 3.63) is 83.9 Å². The summed E-state index contributed by atoms with van der Waals surface area (Å²) < 4.78 is 0. The molecule has 1 amide bonds. The first kappa shape index (κ1) is 13.4. The minimum atomic E-state index is -0.00962. The predicted molar refractivity (Wildman–Crippen MR) is 85.0 cm³/mol. The van der Waals surface area contributed by atoms with Crippen LogP contribution in [0.15, 0.2) is 66.7 Å². The Kier molecular flexibility index (Phi) is 3.69. The molecule has 0 aliphatic carbocycles. The molecule has 0 bridgehead atoms. The number of carbonyl (C=O) groups is 1. The van der Waals surface area contributed by atoms with Crippen LogP contribution in [0.5, 0.6) is 0 Å². The average Bonchev–Trinajstić information content (AvgIpc) is 2.54. The van der Waals surface area contributed by atoms with Gasteiger partial charge in [0.1, 0.15) is 0 Å². The highest BCUT2D eigenvalue weighted by molar-refractivity contribution is 5.98. The van der Waals surface area contributed by atoms with Crippen LogP contribution in [0.3, 0.4) is 0 Å². The Bertz CT molecular complexity index is 765. The zero-order chi connectivity index (χ0) is 14.7. The summed E-state index contributed by atoms with van der Waals surface area (Å²) in [6, 6.07) is 24.8. The Labute approximate surface area is 124 Å². The summed E-state index contributed by atoms with van der Waals surface area (Å²) in [6.45, 7) is 0.598. The maximum atomic E-state index is 12.5. The molecule has 0 atom stereocenters. The molecule has 21 heavy (non-hydrogen) atoms. The monoisotopic (exact) mass is 274 g/mol. The van der Waals surface area contributed by atoms with Crippen LogP contribution < -0.4 is 0 Å². The fourth-order valence-corrected chi connectivity index (χ4v) is 2.38. The van der Waals surface area contributed by atoms with E-state index in [4.69, 9.17) is 0 Å². The van der Waals surface area contributed by atoms with Gasteiger partial charge < -0.3 is 4.90 Å². The highest BCUT2D eigenvalue weighted by Crippen LogP contribution is 2.16. The summed E-state index contributed by atoms with van der Waals surface area (Å²) in [5.41, 5.74) is 1.72. The molecule has 3 aromatic carbocycles. The Morgan fingerprint density at radius 1 is 1.00 bits per heavy atom. The summed E-state index contributed by atoms with van der Waals surface area (Å²) in [5, 5.41) is 2.16. The lowest BCUT2D eigenvalue weighted by molar-refractivity contribution is 0.0785. The number of carbonyl (C=O) groups excluding carboxylic acids is 1. The van der Waals surface area contributed by atoms with E-state index in [1.165, 1.54) is 0 Å². The zero-order valence-corrected chi connectivity index (χ0v) is 11.9. The molecule has 0 spiro atoms. The minimum absolute atomic E-state index is 0.00962. The molecule has 0 fully saturated rings. The Morgan fingerprint density at radius 3 is 2.43 bits per heavy atom. The van der Waals surface area contributed by atoms with Gasteiger partial charge in [0, 0.05) is 19.2 Å². The lowest BCUT2D eigenvalue weighted by Gasteiger charge is -2.17. The summed E-state index contributed by atoms with van der Waals surface area (Å²) in [7, 11) is 1.82. The molecule has 0 aliphatic heterocycles. The van der Waals surface area contributed by atoms with Gasteiger partial charge in [0.15, 0.2) is 0 Å². The van der Waals surface area contributed by atoms with Crippen molar-refractivity contribution in [2.75, 3.05) is 7.05 Å². The number of benzene rings is 3. The third-order valence-corrected chi connectivity index (χ3v) is 3.52. The number of fused-ring (bicyclic) bond motifs is 1. The molecule has 2 heteroatoms. The van der Waals surface area contributed by atoms with Crippen LogP contribution in [-0.4, -0.2) is 17.9 Å². The van der Waals surface area contributed by atoms with Crippen molar-refractivity contribution in [1.29, 1.82) is 0 Å². The van der Waals surface area contributed by atoms with Crippen LogP contribution in [0.2, 0.25) is 0 Å². The first-order chi connectivity index (χ1) is 10.2. The quantitative estimate of drug-likeness (QED) is 0.709. The van der Waals surface area contributed by atoms with Gasteiger partial charge >= 0.3 is 0 Å². The predicted octanol–water partition coefficient (Wildman–Crippen LogP) is 3.91. The van der Waals surface area contributed by atoms with E-state index in [9.17, 15) is 4.79 Å². The summed E-state index contributed by atoms with van der Waals surface area (Å²) in [5.74, 6) is -0.00962. The smallest absolute Gasteiger partial charge is 0.254 e. The van der Waals surface area contributed by atoms with E-state index in [1.54, 1.807) is 4.90 Å². The van der Waals surface area contributed by atoms with E-state index in [2.05, 4.69) is 6.07 Å². The second-order valence-electron chi connectivity index (χ2n) is 5.12. The van der Waals surface area contributed by atoms with Crippen molar-refractivity contribution in [1.82, 2.24) is 4.90 Å². The van der Waals surface area contributed by atoms with Crippen LogP contribution >= 0.6 is 0 Å². The van der Waals surface area contributed by atoms with Crippen LogP contribution in [0.25, 0.3) is 10.8 Å². The van der Waals surface area contributed by atoms with Gasteiger partial charge in [0.2, 0.25) is 0 Å². The van der Waals surface area contributed by atoms with E-state index in [1.807, 2.05) is 73.8 Å². The topological polar surface area (TPSA) is 20.3 Å². The van der Waals surface area contributed by atoms with Gasteiger partial charge in [0.05, 0.1) is 0 Å². The van der Waals surface area contributed by atoms with Gasteiger partial charge in [-0.1, -0.05) is 54.6 Å². The molecular formula is C19H16NO. The summed E-state index contributed by atoms with van der Waals surface area (Å²) >= 11 is 0. The molecule has 0 aromatic heterocycles. The van der Waals surface area contributed by atoms with Crippen molar-refractivity contribution in [3.63, 3.8) is 0 Å². The Hall–Kier alpha value is -2.61. The van der Waals surface area contributed by atoms with Crippen molar-refractivity contribution < 1.29 is 4.79 Å². The number of hydrogen-bond acceptors (Lipinski definition) is 1. The number of rotatable bonds is 3. The maximum Gasteiger partial charge on any atom is 0.254 e. The van der Waals surface area contributed by atoms with Crippen LogP contribution in [-0.2, 0) is 6.54 Å². The van der Waals surface area contributed by atoms with Crippen molar-refractivity contribution in [2.45, 2.75) is 6.54 Å². The minimum Gasteiger partial charge on any atom is -0.337 e. The third kappa shape index (κ3) is 2.95. The van der Waals surface area contributed by atoms with Crippen molar-refractivity contribution in [3.8, 4) is 0 Å². The Morgan fingerprint density at radius 2 is 1.67 bits per heavy atom. The lowest BCUT2D eigenvalue weighted by Crippen LogP contribution is -2.26. The van der Waals surface area contributed by atoms with E-state index in [0.29, 0.717) is 12.1 Å². The Balaban J connectivity index is 1.82. The molecule has 0 heterocycles. The normalized spacial score (nSPS) is 10.5. The molecule has 0 aliphatic rings. The fourth-order valence-electron chi connectivity index (χ4n) is 2.38. The van der Waals surface area contributed by atoms with Crippen molar-refractivity contribution >= 4 is 16.7 Å². The van der Waals surface area contributed by atoms with Crippen LogP contribution in [0.4, 0.5) is 0 Å². The van der Waals surface area contributed by atoms with E-state index in [0.717, 1.165) is 16.3 Å². The standard InChI is InChI=1S/C19H16NO/c1-20(14-15-7-3-2-4-8-15)19(21)18-12-11-16-9-5-6-10-17(16)13-18/h2-11,13H,14H2,1H3. The van der Waals surface area contributed by atoms with Gasteiger partial charge in [-0.15, -0.1) is 0 Å². The molecule has 3 aromatic rings. The van der Waals surface area contributed by atoms with E-state index >= 15 is 0 Å². The fraction of sp³-hybridized carbons (Fsp3) is 0.105. The number of nitrogens with zero attached hydrogens (tertiary/aromatic N) is 1. The zero-order valence-electron chi connectivity index (χ0n) is 11.9. The van der Waals surface area contributed by atoms with Gasteiger partial charge in [-0.05, 0) is 34.5 Å². The van der Waals surface area contributed by atoms with Gasteiger partial charge in [0.25, 0.3) is 5.91 Å². The lowest BCUT2D eigenvalue weighted by atomic mass is 10.1. The molecule has 0 saturated carbocycles. The second kappa shape index (κ2) is 5.80. The summed E-state index contributed by atoms with van der Waals surface area (Å²) in [6.07, 6.45) is 0. The molecule has 0 N–H and O–H groups in total. The molecule has 2 nitrogen and oxygen atoms in total. The SMILES string of the molecule is CN(Cc1ccccc1)C(=O)c1[c]cc2ccccc2c1. The highest BCUT2D eigenvalue weighted by Gasteiger charge is 2.12. The molecule has 0 saturated heterocycles. The first-order valence-corrected chi connectivity index (χ1v) is 6.94. The largest absolute Gasteiger partial charge is 0.337 e. The maximum absolute atomic E-state index is 12.5. The number of amides is 1. The second-order valence-corrected chi connectivity index (χ2v) is 5.12. The molecule has 0 unspecified atom stereocenters. The van der Waals surface area contributed by atoms with Gasteiger partial charge in [-0.25, -0.2) is 0 Å². The van der Waals surface area contributed by atoms with Crippen LogP contribution in [0.1, 0.15) is 15.9 Å². The van der Waals surface area contributed by atoms with Gasteiger partial charge in [-0.2, -0.15) is 0 Å². The number of hydrogen-bond donors (Lipinski definition) is 0. The van der Waals surface area contributed by atoms with Gasteiger partial charge in [-0.3, -0.25) is 4.79 Å². The molecule has 3 rings (SSSR count). The highest BCUT2D eigenvalue weighted by atomic mass is 16.2. The van der Waals surface area contributed by atoms with E-state index < -0.39 is 0 Å². The summed E-state index contributed by atoms with van der Waals surface area (Å²) in [4.78, 5) is 14.2. The molecule has 1 radical (unpaired) electrons. The van der Waals surface area contributed by atoms with E-state index in [-0.39, 0.29) is 5.91 Å².